The summed E-state index contributed by atoms with van der Waals surface area (Å²) >= 11 is 0. The lowest BCUT2D eigenvalue weighted by molar-refractivity contribution is -0.154. The largest absolute Gasteiger partial charge is 0.490 e. The van der Waals surface area contributed by atoms with Crippen LogP contribution in [0.5, 0.6) is 11.5 Å². The average Bonchev–Trinajstić information content (AvgIpc) is 2.80. The van der Waals surface area contributed by atoms with E-state index in [0.29, 0.717) is 24.5 Å². The van der Waals surface area contributed by atoms with E-state index in [1.165, 1.54) is 11.1 Å². The number of rotatable bonds is 9. The SMILES string of the molecule is CC[C@](C)(Oc1ccc(OC/C=C(\C)c2ccc(-c3ccccc3)cc2)cc1)C(=O)O. The molecule has 0 aliphatic rings. The van der Waals surface area contributed by atoms with Gasteiger partial charge in [-0.05, 0) is 72.9 Å². The molecule has 0 saturated carbocycles. The van der Waals surface area contributed by atoms with E-state index in [2.05, 4.69) is 43.3 Å². The normalized spacial score (nSPS) is 13.3. The first-order chi connectivity index (χ1) is 14.9. The maximum absolute atomic E-state index is 11.4. The van der Waals surface area contributed by atoms with Crippen LogP contribution in [0, 0.1) is 0 Å². The smallest absolute Gasteiger partial charge is 0.347 e. The first kappa shape index (κ1) is 22.2. The summed E-state index contributed by atoms with van der Waals surface area (Å²) in [5, 5.41) is 9.33. The first-order valence-corrected chi connectivity index (χ1v) is 10.4. The summed E-state index contributed by atoms with van der Waals surface area (Å²) in [4.78, 5) is 11.4. The predicted octanol–water partition coefficient (Wildman–Crippen LogP) is 6.47. The molecule has 0 bridgehead atoms. The zero-order valence-corrected chi connectivity index (χ0v) is 18.2. The molecule has 1 N–H and O–H groups in total. The molecule has 3 aromatic carbocycles. The highest BCUT2D eigenvalue weighted by atomic mass is 16.5. The number of aliphatic carboxylic acids is 1. The van der Waals surface area contributed by atoms with Crippen LogP contribution in [0.3, 0.4) is 0 Å². The van der Waals surface area contributed by atoms with E-state index in [-0.39, 0.29) is 0 Å². The molecule has 0 amide bonds. The summed E-state index contributed by atoms with van der Waals surface area (Å²) in [6.45, 7) is 5.86. The van der Waals surface area contributed by atoms with E-state index in [1.54, 1.807) is 38.1 Å². The zero-order valence-electron chi connectivity index (χ0n) is 18.2. The Kier molecular flexibility index (Phi) is 7.14. The molecule has 0 aromatic heterocycles. The Balaban J connectivity index is 1.57. The van der Waals surface area contributed by atoms with Gasteiger partial charge in [0.25, 0.3) is 0 Å². The van der Waals surface area contributed by atoms with Gasteiger partial charge in [0.05, 0.1) is 0 Å². The van der Waals surface area contributed by atoms with Gasteiger partial charge in [0.2, 0.25) is 5.60 Å². The second kappa shape index (κ2) is 9.98. The topological polar surface area (TPSA) is 55.8 Å². The fourth-order valence-electron chi connectivity index (χ4n) is 3.07. The fourth-order valence-corrected chi connectivity index (χ4v) is 3.07. The lowest BCUT2D eigenvalue weighted by Gasteiger charge is -2.24. The third-order valence-corrected chi connectivity index (χ3v) is 5.38. The second-order valence-corrected chi connectivity index (χ2v) is 7.60. The summed E-state index contributed by atoms with van der Waals surface area (Å²) in [5.74, 6) is 0.224. The molecule has 0 spiro atoms. The van der Waals surface area contributed by atoms with Crippen LogP contribution < -0.4 is 9.47 Å². The van der Waals surface area contributed by atoms with Crippen molar-refractivity contribution in [2.45, 2.75) is 32.8 Å². The molecule has 0 unspecified atom stereocenters. The first-order valence-electron chi connectivity index (χ1n) is 10.4. The molecule has 4 nitrogen and oxygen atoms in total. The van der Waals surface area contributed by atoms with Crippen molar-refractivity contribution in [3.63, 3.8) is 0 Å². The van der Waals surface area contributed by atoms with Gasteiger partial charge >= 0.3 is 5.97 Å². The zero-order chi connectivity index (χ0) is 22.3. The number of hydrogen-bond donors (Lipinski definition) is 1. The minimum atomic E-state index is -1.24. The second-order valence-electron chi connectivity index (χ2n) is 7.60. The number of allylic oxidation sites excluding steroid dienone is 1. The van der Waals surface area contributed by atoms with Crippen LogP contribution in [-0.4, -0.2) is 23.3 Å². The van der Waals surface area contributed by atoms with Gasteiger partial charge in [-0.15, -0.1) is 0 Å². The molecule has 31 heavy (non-hydrogen) atoms. The molecule has 0 saturated heterocycles. The summed E-state index contributed by atoms with van der Waals surface area (Å²) in [6, 6.07) is 25.8. The third kappa shape index (κ3) is 5.76. The van der Waals surface area contributed by atoms with Crippen molar-refractivity contribution < 1.29 is 19.4 Å². The van der Waals surface area contributed by atoms with Gasteiger partial charge in [0.1, 0.15) is 18.1 Å². The van der Waals surface area contributed by atoms with E-state index in [4.69, 9.17) is 9.47 Å². The van der Waals surface area contributed by atoms with Crippen molar-refractivity contribution >= 4 is 11.5 Å². The van der Waals surface area contributed by atoms with Crippen LogP contribution in [0.4, 0.5) is 0 Å². The highest BCUT2D eigenvalue weighted by Gasteiger charge is 2.33. The van der Waals surface area contributed by atoms with E-state index in [1.807, 2.05) is 24.3 Å². The molecule has 0 fully saturated rings. The van der Waals surface area contributed by atoms with Crippen molar-refractivity contribution in [2.75, 3.05) is 6.61 Å². The van der Waals surface area contributed by atoms with E-state index < -0.39 is 11.6 Å². The Morgan fingerprint density at radius 1 is 0.903 bits per heavy atom. The van der Waals surface area contributed by atoms with Crippen LogP contribution in [0.1, 0.15) is 32.8 Å². The summed E-state index contributed by atoms with van der Waals surface area (Å²) < 4.78 is 11.4. The molecule has 0 heterocycles. The van der Waals surface area contributed by atoms with Crippen molar-refractivity contribution in [1.82, 2.24) is 0 Å². The van der Waals surface area contributed by atoms with Gasteiger partial charge < -0.3 is 14.6 Å². The minimum absolute atomic E-state index is 0.372. The quantitative estimate of drug-likeness (QED) is 0.434. The molecule has 1 atom stereocenters. The van der Waals surface area contributed by atoms with Gasteiger partial charge in [-0.25, -0.2) is 4.79 Å². The van der Waals surface area contributed by atoms with Crippen LogP contribution in [0.15, 0.2) is 84.9 Å². The molecular weight excluding hydrogens is 388 g/mol. The number of carboxylic acid groups (broad SMARTS) is 1. The summed E-state index contributed by atoms with van der Waals surface area (Å²) in [7, 11) is 0. The van der Waals surface area contributed by atoms with Crippen molar-refractivity contribution in [3.05, 3.63) is 90.5 Å². The Morgan fingerprint density at radius 3 is 2.06 bits per heavy atom. The van der Waals surface area contributed by atoms with Crippen LogP contribution >= 0.6 is 0 Å². The van der Waals surface area contributed by atoms with Crippen LogP contribution in [0.2, 0.25) is 0 Å². The molecule has 3 aromatic rings. The number of benzene rings is 3. The Labute approximate surface area is 183 Å². The molecule has 160 valence electrons. The number of carboxylic acids is 1. The van der Waals surface area contributed by atoms with Crippen LogP contribution in [0.25, 0.3) is 16.7 Å². The molecule has 0 radical (unpaired) electrons. The predicted molar refractivity (Wildman–Crippen MR) is 124 cm³/mol. The van der Waals surface area contributed by atoms with Gasteiger partial charge in [0.15, 0.2) is 0 Å². The minimum Gasteiger partial charge on any atom is -0.490 e. The fraction of sp³-hybridized carbons (Fsp3) is 0.222. The highest BCUT2D eigenvalue weighted by Crippen LogP contribution is 2.25. The van der Waals surface area contributed by atoms with Gasteiger partial charge in [0, 0.05) is 0 Å². The molecule has 0 aliphatic carbocycles. The Morgan fingerprint density at radius 2 is 1.48 bits per heavy atom. The highest BCUT2D eigenvalue weighted by molar-refractivity contribution is 5.77. The monoisotopic (exact) mass is 416 g/mol. The standard InChI is InChI=1S/C27H28O4/c1-4-27(3,26(28)29)31-25-16-14-24(15-17-25)30-19-18-20(2)21-10-12-23(13-11-21)22-8-6-5-7-9-22/h5-18H,4,19H2,1-3H3,(H,28,29)/b20-18+/t27-/m0/s1. The maximum atomic E-state index is 11.4. The van der Waals surface area contributed by atoms with E-state index in [9.17, 15) is 9.90 Å². The molecule has 0 aliphatic heterocycles. The third-order valence-electron chi connectivity index (χ3n) is 5.38. The number of hydrogen-bond acceptors (Lipinski definition) is 3. The van der Waals surface area contributed by atoms with Crippen molar-refractivity contribution in [3.8, 4) is 22.6 Å². The van der Waals surface area contributed by atoms with Crippen molar-refractivity contribution in [2.24, 2.45) is 0 Å². The molecule has 4 heteroatoms. The summed E-state index contributed by atoms with van der Waals surface area (Å²) in [6.07, 6.45) is 2.41. The van der Waals surface area contributed by atoms with Gasteiger partial charge in [-0.2, -0.15) is 0 Å². The molecular formula is C27H28O4. The van der Waals surface area contributed by atoms with Crippen molar-refractivity contribution in [1.29, 1.82) is 0 Å². The molecule has 3 rings (SSSR count). The van der Waals surface area contributed by atoms with Gasteiger partial charge in [-0.1, -0.05) is 61.5 Å². The van der Waals surface area contributed by atoms with E-state index >= 15 is 0 Å². The van der Waals surface area contributed by atoms with E-state index in [0.717, 1.165) is 11.1 Å². The lowest BCUT2D eigenvalue weighted by Crippen LogP contribution is -2.40. The van der Waals surface area contributed by atoms with Gasteiger partial charge in [-0.3, -0.25) is 0 Å². The maximum Gasteiger partial charge on any atom is 0.347 e. The lowest BCUT2D eigenvalue weighted by atomic mass is 10.0. The number of ether oxygens (including phenoxy) is 2. The van der Waals surface area contributed by atoms with Crippen LogP contribution in [-0.2, 0) is 4.79 Å². The Bertz CT molecular complexity index is 1020. The average molecular weight is 417 g/mol. The number of carbonyl (C=O) groups is 1. The Hall–Kier alpha value is -3.53. The summed E-state index contributed by atoms with van der Waals surface area (Å²) in [5.41, 5.74) is 3.45.